The molecule has 27 heavy (non-hydrogen) atoms. The Labute approximate surface area is 167 Å². The van der Waals surface area contributed by atoms with E-state index in [9.17, 15) is 4.79 Å². The van der Waals surface area contributed by atoms with Crippen LogP contribution < -0.4 is 11.7 Å². The highest BCUT2D eigenvalue weighted by molar-refractivity contribution is 7.80. The van der Waals surface area contributed by atoms with E-state index in [-0.39, 0.29) is 30.5 Å². The second-order valence-electron chi connectivity index (χ2n) is 6.12. The lowest BCUT2D eigenvalue weighted by molar-refractivity contribution is -0.120. The van der Waals surface area contributed by atoms with E-state index in [0.29, 0.717) is 16.3 Å². The molecule has 1 aromatic rings. The van der Waals surface area contributed by atoms with Crippen LogP contribution in [0.5, 0.6) is 0 Å². The molecule has 0 fully saturated rings. The van der Waals surface area contributed by atoms with Crippen LogP contribution in [0.4, 0.5) is 0 Å². The van der Waals surface area contributed by atoms with Crippen molar-refractivity contribution in [3.8, 4) is 0 Å². The maximum Gasteiger partial charge on any atom is 0.193 e. The van der Waals surface area contributed by atoms with Gasteiger partial charge in [0.15, 0.2) is 5.78 Å². The molecule has 142 valence electrons. The van der Waals surface area contributed by atoms with Crippen LogP contribution in [0.15, 0.2) is 53.7 Å². The summed E-state index contributed by atoms with van der Waals surface area (Å²) in [5, 5.41) is 3.24. The van der Waals surface area contributed by atoms with E-state index in [1.54, 1.807) is 12.3 Å². The number of ketones is 1. The van der Waals surface area contributed by atoms with Gasteiger partial charge in [0.05, 0.1) is 35.1 Å². The Kier molecular flexibility index (Phi) is 6.35. The molecular weight excluding hydrogens is 386 g/mol. The molecule has 0 saturated carbocycles. The van der Waals surface area contributed by atoms with E-state index >= 15 is 0 Å². The molecule has 2 aliphatic rings. The molecule has 0 atom stereocenters. The average Bonchev–Trinajstić information content (AvgIpc) is 2.69. The number of hydrogen-bond donors (Lipinski definition) is 2. The lowest BCUT2D eigenvalue weighted by Gasteiger charge is -2.31. The SMILES string of the molecule is NN(Cc1ccncc1Cl)C1=C(C(=S)N(N)C2=CCCC=C2)C(=O)COC1. The first-order chi connectivity index (χ1) is 13.0. The fourth-order valence-corrected chi connectivity index (χ4v) is 3.36. The predicted molar refractivity (Wildman–Crippen MR) is 107 cm³/mol. The minimum Gasteiger partial charge on any atom is -0.367 e. The summed E-state index contributed by atoms with van der Waals surface area (Å²) in [7, 11) is 0. The zero-order valence-electron chi connectivity index (χ0n) is 14.6. The first kappa shape index (κ1) is 19.7. The monoisotopic (exact) mass is 405 g/mol. The van der Waals surface area contributed by atoms with Gasteiger partial charge in [-0.25, -0.2) is 11.7 Å². The third kappa shape index (κ3) is 4.42. The number of thiocarbonyl (C=S) groups is 1. The second-order valence-corrected chi connectivity index (χ2v) is 6.91. The Morgan fingerprint density at radius 1 is 1.33 bits per heavy atom. The molecule has 0 aromatic carbocycles. The smallest absolute Gasteiger partial charge is 0.193 e. The number of nitrogens with two attached hydrogens (primary N) is 2. The Balaban J connectivity index is 1.90. The standard InChI is InChI=1S/C18H20ClN5O2S/c19-14-8-22-7-6-12(14)9-23(20)15-10-26-11-16(25)17(15)18(27)24(21)13-4-2-1-3-5-13/h2,4-8H,1,3,9-11,20-21H2. The van der Waals surface area contributed by atoms with Crippen LogP contribution in [0, 0.1) is 0 Å². The summed E-state index contributed by atoms with van der Waals surface area (Å²) in [6.07, 6.45) is 10.9. The average molecular weight is 406 g/mol. The van der Waals surface area contributed by atoms with Gasteiger partial charge in [0.25, 0.3) is 0 Å². The lowest BCUT2D eigenvalue weighted by atomic mass is 10.1. The zero-order chi connectivity index (χ0) is 19.4. The number of hydrogen-bond acceptors (Lipinski definition) is 7. The van der Waals surface area contributed by atoms with Crippen LogP contribution >= 0.6 is 23.8 Å². The topological polar surface area (TPSA) is 97.7 Å². The van der Waals surface area contributed by atoms with Gasteiger partial charge in [-0.15, -0.1) is 0 Å². The van der Waals surface area contributed by atoms with Crippen LogP contribution in [0.1, 0.15) is 18.4 Å². The second kappa shape index (κ2) is 8.73. The van der Waals surface area contributed by atoms with Crippen LogP contribution in [-0.4, -0.2) is 39.0 Å². The molecule has 1 aliphatic heterocycles. The van der Waals surface area contributed by atoms with Crippen LogP contribution in [-0.2, 0) is 16.1 Å². The van der Waals surface area contributed by atoms with Gasteiger partial charge in [-0.05, 0) is 30.5 Å². The number of rotatable bonds is 5. The van der Waals surface area contributed by atoms with E-state index in [2.05, 4.69) is 4.98 Å². The van der Waals surface area contributed by atoms with Gasteiger partial charge < -0.3 is 9.75 Å². The Hall–Kier alpha value is -2.10. The summed E-state index contributed by atoms with van der Waals surface area (Å²) in [5.41, 5.74) is 2.29. The van der Waals surface area contributed by atoms with Crippen molar-refractivity contribution in [3.05, 3.63) is 64.2 Å². The highest BCUT2D eigenvalue weighted by atomic mass is 35.5. The summed E-state index contributed by atoms with van der Waals surface area (Å²) >= 11 is 11.7. The largest absolute Gasteiger partial charge is 0.367 e. The highest BCUT2D eigenvalue weighted by Crippen LogP contribution is 2.23. The minimum absolute atomic E-state index is 0.0639. The van der Waals surface area contributed by atoms with E-state index in [4.69, 9.17) is 40.2 Å². The van der Waals surface area contributed by atoms with Crippen molar-refractivity contribution in [2.24, 2.45) is 11.7 Å². The molecular formula is C18H20ClN5O2S. The van der Waals surface area contributed by atoms with Crippen molar-refractivity contribution in [2.75, 3.05) is 13.2 Å². The third-order valence-corrected chi connectivity index (χ3v) is 5.01. The number of Topliss-reactive ketones (excluding diaryl/α,β-unsaturated/α-hetero) is 1. The molecule has 0 spiro atoms. The van der Waals surface area contributed by atoms with Crippen molar-refractivity contribution in [1.82, 2.24) is 15.0 Å². The maximum absolute atomic E-state index is 12.5. The summed E-state index contributed by atoms with van der Waals surface area (Å²) in [4.78, 5) is 16.7. The number of carbonyl (C=O) groups excluding carboxylic acids is 1. The summed E-state index contributed by atoms with van der Waals surface area (Å²) in [5.74, 6) is 12.2. The predicted octanol–water partition coefficient (Wildman–Crippen LogP) is 2.00. The summed E-state index contributed by atoms with van der Waals surface area (Å²) < 4.78 is 5.37. The molecule has 7 nitrogen and oxygen atoms in total. The molecule has 0 radical (unpaired) electrons. The van der Waals surface area contributed by atoms with Crippen molar-refractivity contribution >= 4 is 34.6 Å². The first-order valence-corrected chi connectivity index (χ1v) is 9.18. The van der Waals surface area contributed by atoms with Crippen molar-refractivity contribution in [2.45, 2.75) is 19.4 Å². The van der Waals surface area contributed by atoms with E-state index in [1.807, 2.05) is 18.2 Å². The fraction of sp³-hybridized carbons (Fsp3) is 0.278. The number of allylic oxidation sites excluding steroid dienone is 3. The molecule has 0 unspecified atom stereocenters. The van der Waals surface area contributed by atoms with E-state index in [0.717, 1.165) is 24.1 Å². The Morgan fingerprint density at radius 3 is 2.85 bits per heavy atom. The molecule has 1 aromatic heterocycles. The highest BCUT2D eigenvalue weighted by Gasteiger charge is 2.30. The normalized spacial score (nSPS) is 17.0. The molecule has 0 amide bonds. The maximum atomic E-state index is 12.5. The molecule has 3 rings (SSSR count). The third-order valence-electron chi connectivity index (χ3n) is 4.27. The number of halogens is 1. The molecule has 0 bridgehead atoms. The number of hydrazine groups is 2. The molecule has 0 saturated heterocycles. The number of carbonyl (C=O) groups is 1. The molecule has 1 aliphatic carbocycles. The van der Waals surface area contributed by atoms with Gasteiger partial charge in [0.1, 0.15) is 11.6 Å². The van der Waals surface area contributed by atoms with Gasteiger partial charge in [0, 0.05) is 12.4 Å². The van der Waals surface area contributed by atoms with Crippen molar-refractivity contribution in [1.29, 1.82) is 0 Å². The quantitative estimate of drug-likeness (QED) is 0.436. The Morgan fingerprint density at radius 2 is 2.15 bits per heavy atom. The first-order valence-electron chi connectivity index (χ1n) is 8.39. The van der Waals surface area contributed by atoms with Gasteiger partial charge in [-0.2, -0.15) is 0 Å². The van der Waals surface area contributed by atoms with E-state index in [1.165, 1.54) is 16.2 Å². The lowest BCUT2D eigenvalue weighted by Crippen LogP contribution is -2.44. The van der Waals surface area contributed by atoms with Crippen LogP contribution in [0.2, 0.25) is 5.02 Å². The van der Waals surface area contributed by atoms with Crippen LogP contribution in [0.3, 0.4) is 0 Å². The zero-order valence-corrected chi connectivity index (χ0v) is 16.2. The molecule has 2 heterocycles. The minimum atomic E-state index is -0.256. The Bertz CT molecular complexity index is 852. The molecule has 9 heteroatoms. The van der Waals surface area contributed by atoms with E-state index < -0.39 is 0 Å². The van der Waals surface area contributed by atoms with Gasteiger partial charge >= 0.3 is 0 Å². The number of nitrogens with zero attached hydrogens (tertiary/aromatic N) is 3. The number of pyridine rings is 1. The fourth-order valence-electron chi connectivity index (χ4n) is 2.84. The molecule has 4 N–H and O–H groups in total. The van der Waals surface area contributed by atoms with Crippen molar-refractivity contribution in [3.63, 3.8) is 0 Å². The van der Waals surface area contributed by atoms with Crippen LogP contribution in [0.25, 0.3) is 0 Å². The number of aromatic nitrogens is 1. The van der Waals surface area contributed by atoms with Gasteiger partial charge in [-0.3, -0.25) is 14.8 Å². The summed E-state index contributed by atoms with van der Waals surface area (Å²) in [6.45, 7) is 0.362. The van der Waals surface area contributed by atoms with Crippen molar-refractivity contribution < 1.29 is 9.53 Å². The van der Waals surface area contributed by atoms with Gasteiger partial charge in [-0.1, -0.05) is 36.0 Å². The van der Waals surface area contributed by atoms with Gasteiger partial charge in [0.2, 0.25) is 0 Å². The number of ether oxygens (including phenoxy) is 1. The summed E-state index contributed by atoms with van der Waals surface area (Å²) in [6, 6.07) is 1.76.